The lowest BCUT2D eigenvalue weighted by molar-refractivity contribution is 0.314. The first-order valence-electron chi connectivity index (χ1n) is 4.87. The third kappa shape index (κ3) is 3.63. The minimum absolute atomic E-state index is 0.00561. The van der Waals surface area contributed by atoms with Gasteiger partial charge < -0.3 is 20.7 Å². The van der Waals surface area contributed by atoms with Crippen LogP contribution >= 0.6 is 0 Å². The number of amidine groups is 1. The number of furan rings is 1. The molecule has 1 heterocycles. The van der Waals surface area contributed by atoms with Crippen LogP contribution in [0.25, 0.3) is 0 Å². The van der Waals surface area contributed by atoms with Crippen LogP contribution in [0.1, 0.15) is 18.4 Å². The Labute approximate surface area is 88.9 Å². The Kier molecular flexibility index (Phi) is 4.17. The highest BCUT2D eigenvalue weighted by Gasteiger charge is 2.07. The van der Waals surface area contributed by atoms with E-state index in [4.69, 9.17) is 15.4 Å². The third-order valence-electron chi connectivity index (χ3n) is 2.17. The molecule has 4 N–H and O–H groups in total. The minimum atomic E-state index is 0.00561. The number of nitrogens with zero attached hydrogens (tertiary/aromatic N) is 1. The first-order valence-corrected chi connectivity index (χ1v) is 4.87. The molecule has 15 heavy (non-hydrogen) atoms. The molecule has 84 valence electrons. The molecule has 1 aromatic heterocycles. The van der Waals surface area contributed by atoms with Crippen molar-refractivity contribution in [2.75, 3.05) is 6.54 Å². The van der Waals surface area contributed by atoms with Crippen LogP contribution in [0.2, 0.25) is 0 Å². The van der Waals surface area contributed by atoms with E-state index >= 15 is 0 Å². The number of hydrogen-bond acceptors (Lipinski definition) is 4. The second kappa shape index (κ2) is 5.41. The highest BCUT2D eigenvalue weighted by atomic mass is 16.4. The predicted octanol–water partition coefficient (Wildman–Crippen LogP) is 1.06. The summed E-state index contributed by atoms with van der Waals surface area (Å²) in [6, 6.07) is 3.85. The normalized spacial score (nSPS) is 14.1. The van der Waals surface area contributed by atoms with Crippen LogP contribution in [0.4, 0.5) is 0 Å². The van der Waals surface area contributed by atoms with Crippen molar-refractivity contribution in [1.29, 1.82) is 0 Å². The van der Waals surface area contributed by atoms with Gasteiger partial charge >= 0.3 is 0 Å². The maximum Gasteiger partial charge on any atom is 0.143 e. The van der Waals surface area contributed by atoms with Gasteiger partial charge in [0.2, 0.25) is 0 Å². The molecule has 1 rings (SSSR count). The molecule has 0 spiro atoms. The second-order valence-corrected chi connectivity index (χ2v) is 3.57. The molecule has 0 aliphatic heterocycles. The van der Waals surface area contributed by atoms with E-state index in [9.17, 15) is 0 Å². The maximum atomic E-state index is 8.44. The number of aryl methyl sites for hydroxylation is 1. The van der Waals surface area contributed by atoms with Crippen LogP contribution in [0, 0.1) is 12.8 Å². The van der Waals surface area contributed by atoms with Gasteiger partial charge in [0.25, 0.3) is 0 Å². The summed E-state index contributed by atoms with van der Waals surface area (Å²) in [6.45, 7) is 5.09. The zero-order chi connectivity index (χ0) is 11.3. The van der Waals surface area contributed by atoms with Crippen molar-refractivity contribution in [1.82, 2.24) is 5.32 Å². The molecule has 5 heteroatoms. The van der Waals surface area contributed by atoms with Gasteiger partial charge in [-0.25, -0.2) is 0 Å². The van der Waals surface area contributed by atoms with Crippen molar-refractivity contribution in [3.63, 3.8) is 0 Å². The number of nitrogens with one attached hydrogen (secondary N) is 1. The van der Waals surface area contributed by atoms with Gasteiger partial charge in [-0.2, -0.15) is 0 Å². The van der Waals surface area contributed by atoms with Gasteiger partial charge in [0.05, 0.1) is 6.54 Å². The summed E-state index contributed by atoms with van der Waals surface area (Å²) in [5.74, 6) is 2.03. The standard InChI is InChI=1S/C10H17N3O2/c1-7(10(11)13-14)5-12-6-9-4-3-8(2)15-9/h3-4,7,12,14H,5-6H2,1-2H3,(H2,11,13). The maximum absolute atomic E-state index is 8.44. The van der Waals surface area contributed by atoms with E-state index in [1.807, 2.05) is 26.0 Å². The smallest absolute Gasteiger partial charge is 0.143 e. The molecular weight excluding hydrogens is 194 g/mol. The Balaban J connectivity index is 2.27. The van der Waals surface area contributed by atoms with Crippen molar-refractivity contribution >= 4 is 5.84 Å². The molecular formula is C10H17N3O2. The molecule has 0 radical (unpaired) electrons. The van der Waals surface area contributed by atoms with Crippen LogP contribution in [0.5, 0.6) is 0 Å². The van der Waals surface area contributed by atoms with Crippen LogP contribution in [0.15, 0.2) is 21.7 Å². The molecule has 0 saturated carbocycles. The zero-order valence-corrected chi connectivity index (χ0v) is 9.03. The van der Waals surface area contributed by atoms with Crippen LogP contribution in [-0.2, 0) is 6.54 Å². The topological polar surface area (TPSA) is 83.8 Å². The second-order valence-electron chi connectivity index (χ2n) is 3.57. The molecule has 0 fully saturated rings. The molecule has 0 aliphatic carbocycles. The summed E-state index contributed by atoms with van der Waals surface area (Å²) in [7, 11) is 0. The number of nitrogens with two attached hydrogens (primary N) is 1. The average molecular weight is 211 g/mol. The predicted molar refractivity (Wildman–Crippen MR) is 57.7 cm³/mol. The molecule has 5 nitrogen and oxygen atoms in total. The first-order chi connectivity index (χ1) is 7.13. The largest absolute Gasteiger partial charge is 0.465 e. The Morgan fingerprint density at radius 3 is 2.93 bits per heavy atom. The van der Waals surface area contributed by atoms with Gasteiger partial charge in [0, 0.05) is 12.5 Å². The number of oxime groups is 1. The molecule has 0 aromatic carbocycles. The van der Waals surface area contributed by atoms with Gasteiger partial charge in [0.15, 0.2) is 0 Å². The van der Waals surface area contributed by atoms with E-state index in [2.05, 4.69) is 10.5 Å². The Morgan fingerprint density at radius 2 is 2.40 bits per heavy atom. The van der Waals surface area contributed by atoms with E-state index in [0.717, 1.165) is 11.5 Å². The summed E-state index contributed by atoms with van der Waals surface area (Å²) < 4.78 is 5.38. The van der Waals surface area contributed by atoms with E-state index < -0.39 is 0 Å². The van der Waals surface area contributed by atoms with E-state index in [-0.39, 0.29) is 11.8 Å². The van der Waals surface area contributed by atoms with Crippen molar-refractivity contribution in [2.45, 2.75) is 20.4 Å². The number of rotatable bonds is 5. The number of hydrogen-bond donors (Lipinski definition) is 3. The zero-order valence-electron chi connectivity index (χ0n) is 9.03. The van der Waals surface area contributed by atoms with E-state index in [1.54, 1.807) is 0 Å². The van der Waals surface area contributed by atoms with Crippen LogP contribution < -0.4 is 11.1 Å². The van der Waals surface area contributed by atoms with Gasteiger partial charge in [0.1, 0.15) is 17.4 Å². The van der Waals surface area contributed by atoms with Crippen molar-refractivity contribution < 1.29 is 9.62 Å². The molecule has 1 aromatic rings. The third-order valence-corrected chi connectivity index (χ3v) is 2.17. The molecule has 0 bridgehead atoms. The van der Waals surface area contributed by atoms with Gasteiger partial charge in [-0.3, -0.25) is 0 Å². The highest BCUT2D eigenvalue weighted by molar-refractivity contribution is 5.82. The Hall–Kier alpha value is -1.49. The highest BCUT2D eigenvalue weighted by Crippen LogP contribution is 2.05. The summed E-state index contributed by atoms with van der Waals surface area (Å²) in [5.41, 5.74) is 5.44. The minimum Gasteiger partial charge on any atom is -0.465 e. The molecule has 1 unspecified atom stereocenters. The van der Waals surface area contributed by atoms with Gasteiger partial charge in [-0.15, -0.1) is 0 Å². The van der Waals surface area contributed by atoms with Crippen molar-refractivity contribution in [2.24, 2.45) is 16.8 Å². The SMILES string of the molecule is Cc1ccc(CNCC(C)C(N)=NO)o1. The van der Waals surface area contributed by atoms with E-state index in [0.29, 0.717) is 13.1 Å². The lowest BCUT2D eigenvalue weighted by Gasteiger charge is -2.09. The summed E-state index contributed by atoms with van der Waals surface area (Å²) in [5, 5.41) is 14.6. The molecule has 1 atom stereocenters. The summed E-state index contributed by atoms with van der Waals surface area (Å²) in [6.07, 6.45) is 0. The van der Waals surface area contributed by atoms with Crippen LogP contribution in [-0.4, -0.2) is 17.6 Å². The Morgan fingerprint density at radius 1 is 1.67 bits per heavy atom. The fourth-order valence-electron chi connectivity index (χ4n) is 1.20. The van der Waals surface area contributed by atoms with Crippen LogP contribution in [0.3, 0.4) is 0 Å². The molecule has 0 saturated heterocycles. The molecule has 0 amide bonds. The average Bonchev–Trinajstić information content (AvgIpc) is 2.63. The fourth-order valence-corrected chi connectivity index (χ4v) is 1.20. The summed E-state index contributed by atoms with van der Waals surface area (Å²) >= 11 is 0. The van der Waals surface area contributed by atoms with Crippen molar-refractivity contribution in [3.8, 4) is 0 Å². The quantitative estimate of drug-likeness (QED) is 0.294. The van der Waals surface area contributed by atoms with Gasteiger partial charge in [-0.1, -0.05) is 12.1 Å². The van der Waals surface area contributed by atoms with Crippen molar-refractivity contribution in [3.05, 3.63) is 23.7 Å². The van der Waals surface area contributed by atoms with E-state index in [1.165, 1.54) is 0 Å². The monoisotopic (exact) mass is 211 g/mol. The van der Waals surface area contributed by atoms with Gasteiger partial charge in [-0.05, 0) is 19.1 Å². The lowest BCUT2D eigenvalue weighted by atomic mass is 10.1. The lowest BCUT2D eigenvalue weighted by Crippen LogP contribution is -2.30. The first kappa shape index (κ1) is 11.6. The summed E-state index contributed by atoms with van der Waals surface area (Å²) in [4.78, 5) is 0. The fraction of sp³-hybridized carbons (Fsp3) is 0.500. The molecule has 0 aliphatic rings. The Bertz CT molecular complexity index is 333.